The summed E-state index contributed by atoms with van der Waals surface area (Å²) in [6, 6.07) is 9.21. The number of carboxylic acid groups (broad SMARTS) is 1. The molecule has 2 aromatic rings. The quantitative estimate of drug-likeness (QED) is 0.881. The number of aromatic nitrogens is 2. The van der Waals surface area contributed by atoms with E-state index in [2.05, 4.69) is 20.2 Å². The molecule has 2 N–H and O–H groups in total. The van der Waals surface area contributed by atoms with E-state index < -0.39 is 5.97 Å². The topological polar surface area (TPSA) is 78.4 Å². The van der Waals surface area contributed by atoms with Crippen molar-refractivity contribution in [2.45, 2.75) is 18.9 Å². The predicted octanol–water partition coefficient (Wildman–Crippen LogP) is 2.26. The number of aromatic carboxylic acids is 1. The van der Waals surface area contributed by atoms with E-state index in [0.717, 1.165) is 31.6 Å². The summed E-state index contributed by atoms with van der Waals surface area (Å²) in [6.07, 6.45) is 5.65. The highest BCUT2D eigenvalue weighted by Crippen LogP contribution is 2.26. The second-order valence-corrected chi connectivity index (χ2v) is 5.29. The molecule has 1 atom stereocenters. The molecule has 1 unspecified atom stereocenters. The van der Waals surface area contributed by atoms with Crippen LogP contribution < -0.4 is 10.2 Å². The van der Waals surface area contributed by atoms with Gasteiger partial charge in [-0.15, -0.1) is 0 Å². The maximum atomic E-state index is 10.9. The lowest BCUT2D eigenvalue weighted by atomic mass is 10.1. The number of carboxylic acids is 1. The summed E-state index contributed by atoms with van der Waals surface area (Å²) in [4.78, 5) is 21.6. The summed E-state index contributed by atoms with van der Waals surface area (Å²) in [6.45, 7) is 1.75. The third kappa shape index (κ3) is 3.16. The van der Waals surface area contributed by atoms with Crippen LogP contribution in [-0.2, 0) is 0 Å². The average molecular weight is 298 g/mol. The van der Waals surface area contributed by atoms with Gasteiger partial charge in [0, 0.05) is 37.2 Å². The number of carbonyl (C=O) groups is 1. The van der Waals surface area contributed by atoms with Gasteiger partial charge in [-0.3, -0.25) is 0 Å². The highest BCUT2D eigenvalue weighted by atomic mass is 16.4. The first-order valence-corrected chi connectivity index (χ1v) is 7.35. The van der Waals surface area contributed by atoms with Crippen LogP contribution in [0.5, 0.6) is 0 Å². The van der Waals surface area contributed by atoms with E-state index in [-0.39, 0.29) is 0 Å². The number of nitrogens with one attached hydrogen (secondary N) is 1. The van der Waals surface area contributed by atoms with Gasteiger partial charge in [-0.25, -0.2) is 14.8 Å². The first kappa shape index (κ1) is 14.3. The minimum atomic E-state index is -0.896. The maximum Gasteiger partial charge on any atom is 0.335 e. The first-order chi connectivity index (χ1) is 10.7. The second-order valence-electron chi connectivity index (χ2n) is 5.29. The molecule has 0 amide bonds. The van der Waals surface area contributed by atoms with Gasteiger partial charge >= 0.3 is 5.97 Å². The molecule has 0 bridgehead atoms. The van der Waals surface area contributed by atoms with Gasteiger partial charge in [-0.1, -0.05) is 0 Å². The van der Waals surface area contributed by atoms with Crippen LogP contribution in [0.1, 0.15) is 23.2 Å². The number of rotatable bonds is 5. The predicted molar refractivity (Wildman–Crippen MR) is 84.3 cm³/mol. The van der Waals surface area contributed by atoms with Crippen molar-refractivity contribution in [3.63, 3.8) is 0 Å². The molecule has 1 aromatic heterocycles. The molecule has 3 rings (SSSR count). The highest BCUT2D eigenvalue weighted by Gasteiger charge is 2.24. The molecule has 1 aliphatic rings. The van der Waals surface area contributed by atoms with Crippen molar-refractivity contribution in [1.29, 1.82) is 0 Å². The summed E-state index contributed by atoms with van der Waals surface area (Å²) in [5, 5.41) is 12.2. The minimum absolute atomic E-state index is 0.315. The SMILES string of the molecule is O=C(O)c1ccc(N2CCCC2CNc2ncccn2)cc1. The summed E-state index contributed by atoms with van der Waals surface area (Å²) in [5.74, 6) is -0.261. The van der Waals surface area contributed by atoms with Gasteiger partial charge < -0.3 is 15.3 Å². The third-order valence-electron chi connectivity index (χ3n) is 3.88. The Kier molecular flexibility index (Phi) is 4.18. The zero-order valence-corrected chi connectivity index (χ0v) is 12.1. The molecule has 6 heteroatoms. The Morgan fingerprint density at radius 2 is 2.00 bits per heavy atom. The van der Waals surface area contributed by atoms with Gasteiger partial charge in [0.15, 0.2) is 0 Å². The third-order valence-corrected chi connectivity index (χ3v) is 3.88. The Balaban J connectivity index is 1.66. The number of hydrogen-bond acceptors (Lipinski definition) is 5. The Bertz CT molecular complexity index is 630. The Morgan fingerprint density at radius 3 is 2.68 bits per heavy atom. The standard InChI is InChI=1S/C16H18N4O2/c21-15(22)12-4-6-13(7-5-12)20-10-1-3-14(20)11-19-16-17-8-2-9-18-16/h2,4-9,14H,1,3,10-11H2,(H,21,22)(H,17,18,19). The molecule has 0 saturated carbocycles. The molecule has 1 fully saturated rings. The lowest BCUT2D eigenvalue weighted by Crippen LogP contribution is -2.35. The van der Waals surface area contributed by atoms with E-state index in [1.165, 1.54) is 0 Å². The summed E-state index contributed by atoms with van der Waals surface area (Å²) in [7, 11) is 0. The van der Waals surface area contributed by atoms with Crippen molar-refractivity contribution < 1.29 is 9.90 Å². The van der Waals surface area contributed by atoms with Crippen LogP contribution in [0.15, 0.2) is 42.7 Å². The van der Waals surface area contributed by atoms with Gasteiger partial charge in [0.05, 0.1) is 5.56 Å². The van der Waals surface area contributed by atoms with E-state index >= 15 is 0 Å². The van der Waals surface area contributed by atoms with E-state index in [1.807, 2.05) is 12.1 Å². The molecule has 114 valence electrons. The van der Waals surface area contributed by atoms with E-state index in [9.17, 15) is 4.79 Å². The van der Waals surface area contributed by atoms with Gasteiger partial charge in [0.25, 0.3) is 0 Å². The molecule has 0 spiro atoms. The van der Waals surface area contributed by atoms with Crippen molar-refractivity contribution in [3.8, 4) is 0 Å². The van der Waals surface area contributed by atoms with Crippen molar-refractivity contribution >= 4 is 17.6 Å². The molecular weight excluding hydrogens is 280 g/mol. The number of hydrogen-bond donors (Lipinski definition) is 2. The molecule has 6 nitrogen and oxygen atoms in total. The molecule has 1 aliphatic heterocycles. The Morgan fingerprint density at radius 1 is 1.27 bits per heavy atom. The second kappa shape index (κ2) is 6.43. The van der Waals surface area contributed by atoms with Crippen LogP contribution in [0, 0.1) is 0 Å². The van der Waals surface area contributed by atoms with Crippen molar-refractivity contribution in [2.75, 3.05) is 23.3 Å². The fraction of sp³-hybridized carbons (Fsp3) is 0.312. The fourth-order valence-electron chi connectivity index (χ4n) is 2.78. The number of anilines is 2. The first-order valence-electron chi connectivity index (χ1n) is 7.35. The van der Waals surface area contributed by atoms with E-state index in [1.54, 1.807) is 30.6 Å². The minimum Gasteiger partial charge on any atom is -0.478 e. The van der Waals surface area contributed by atoms with Crippen LogP contribution >= 0.6 is 0 Å². The lowest BCUT2D eigenvalue weighted by Gasteiger charge is -2.27. The zero-order valence-electron chi connectivity index (χ0n) is 12.1. The van der Waals surface area contributed by atoms with Crippen LogP contribution in [0.3, 0.4) is 0 Å². The van der Waals surface area contributed by atoms with Gasteiger partial charge in [-0.05, 0) is 43.2 Å². The van der Waals surface area contributed by atoms with Crippen molar-refractivity contribution in [3.05, 3.63) is 48.3 Å². The molecular formula is C16H18N4O2. The summed E-state index contributed by atoms with van der Waals surface area (Å²) < 4.78 is 0. The molecule has 0 radical (unpaired) electrons. The van der Waals surface area contributed by atoms with Crippen molar-refractivity contribution in [2.24, 2.45) is 0 Å². The summed E-state index contributed by atoms with van der Waals surface area (Å²) in [5.41, 5.74) is 1.37. The monoisotopic (exact) mass is 298 g/mol. The Hall–Kier alpha value is -2.63. The maximum absolute atomic E-state index is 10.9. The molecule has 2 heterocycles. The molecule has 0 aliphatic carbocycles. The van der Waals surface area contributed by atoms with E-state index in [4.69, 9.17) is 5.11 Å². The molecule has 22 heavy (non-hydrogen) atoms. The normalized spacial score (nSPS) is 17.5. The van der Waals surface area contributed by atoms with Gasteiger partial charge in [-0.2, -0.15) is 0 Å². The van der Waals surface area contributed by atoms with Crippen LogP contribution in [0.25, 0.3) is 0 Å². The largest absolute Gasteiger partial charge is 0.478 e. The highest BCUT2D eigenvalue weighted by molar-refractivity contribution is 5.88. The van der Waals surface area contributed by atoms with Crippen LogP contribution in [0.4, 0.5) is 11.6 Å². The van der Waals surface area contributed by atoms with E-state index in [0.29, 0.717) is 17.6 Å². The summed E-state index contributed by atoms with van der Waals surface area (Å²) >= 11 is 0. The van der Waals surface area contributed by atoms with Crippen LogP contribution in [0.2, 0.25) is 0 Å². The number of benzene rings is 1. The van der Waals surface area contributed by atoms with Gasteiger partial charge in [0.1, 0.15) is 0 Å². The number of nitrogens with zero attached hydrogens (tertiary/aromatic N) is 3. The molecule has 1 aromatic carbocycles. The lowest BCUT2D eigenvalue weighted by molar-refractivity contribution is 0.0697. The fourth-order valence-corrected chi connectivity index (χ4v) is 2.78. The smallest absolute Gasteiger partial charge is 0.335 e. The average Bonchev–Trinajstić information content (AvgIpc) is 3.02. The Labute approximate surface area is 128 Å². The van der Waals surface area contributed by atoms with Crippen molar-refractivity contribution in [1.82, 2.24) is 9.97 Å². The van der Waals surface area contributed by atoms with Gasteiger partial charge in [0.2, 0.25) is 5.95 Å². The molecule has 1 saturated heterocycles. The zero-order chi connectivity index (χ0) is 15.4. The van der Waals surface area contributed by atoms with Crippen LogP contribution in [-0.4, -0.2) is 40.2 Å².